The van der Waals surface area contributed by atoms with Crippen LogP contribution < -0.4 is 0 Å². The average Bonchev–Trinajstić information content (AvgIpc) is 2.93. The lowest BCUT2D eigenvalue weighted by Crippen LogP contribution is -2.07. The summed E-state index contributed by atoms with van der Waals surface area (Å²) in [4.78, 5) is 0. The Morgan fingerprint density at radius 1 is 0.826 bits per heavy atom. The molecule has 1 heterocycles. The monoisotopic (exact) mass is 308 g/mol. The molecular weight excluding hydrogens is 294 g/mol. The molecule has 0 fully saturated rings. The Morgan fingerprint density at radius 3 is 2.26 bits per heavy atom. The Labute approximate surface area is 132 Å². The molecule has 3 heteroatoms. The van der Waals surface area contributed by atoms with E-state index >= 15 is 0 Å². The van der Waals surface area contributed by atoms with Gasteiger partial charge in [-0.1, -0.05) is 60.7 Å². The van der Waals surface area contributed by atoms with Gasteiger partial charge in [-0.05, 0) is 11.6 Å². The number of rotatable bonds is 2. The van der Waals surface area contributed by atoms with Crippen LogP contribution in [0, 0.1) is 0 Å². The van der Waals surface area contributed by atoms with Gasteiger partial charge in [0.05, 0.1) is 0 Å². The third-order valence-corrected chi connectivity index (χ3v) is 4.08. The molecule has 0 saturated carbocycles. The quantitative estimate of drug-likeness (QED) is 0.419. The fourth-order valence-electron chi connectivity index (χ4n) is 3.04. The third kappa shape index (κ3) is 2.20. The van der Waals surface area contributed by atoms with Gasteiger partial charge in [-0.3, -0.25) is 0 Å². The van der Waals surface area contributed by atoms with E-state index in [0.29, 0.717) is 16.6 Å². The Bertz CT molecular complexity index is 995. The number of halogens is 2. The van der Waals surface area contributed by atoms with Crippen molar-refractivity contribution in [1.82, 2.24) is 0 Å². The van der Waals surface area contributed by atoms with Crippen molar-refractivity contribution in [3.05, 3.63) is 72.3 Å². The van der Waals surface area contributed by atoms with Gasteiger partial charge >= 0.3 is 0 Å². The van der Waals surface area contributed by atoms with E-state index < -0.39 is 5.92 Å². The molecule has 1 aromatic heterocycles. The van der Waals surface area contributed by atoms with Crippen LogP contribution in [0.1, 0.15) is 12.5 Å². The van der Waals surface area contributed by atoms with Gasteiger partial charge in [0.1, 0.15) is 11.2 Å². The van der Waals surface area contributed by atoms with Crippen LogP contribution in [0.4, 0.5) is 8.78 Å². The molecular formula is C20H14F2O. The second-order valence-corrected chi connectivity index (χ2v) is 5.72. The van der Waals surface area contributed by atoms with Crippen LogP contribution in [-0.2, 0) is 5.92 Å². The summed E-state index contributed by atoms with van der Waals surface area (Å²) in [6.07, 6.45) is 0. The molecule has 0 spiro atoms. The highest BCUT2D eigenvalue weighted by molar-refractivity contribution is 6.11. The Hall–Kier alpha value is -2.68. The van der Waals surface area contributed by atoms with Crippen LogP contribution in [0.15, 0.2) is 71.1 Å². The molecule has 0 atom stereocenters. The lowest BCUT2D eigenvalue weighted by Gasteiger charge is -2.13. The first-order valence-electron chi connectivity index (χ1n) is 7.43. The standard InChI is InChI=1S/C20H14F2O/c1-20(21,22)16-12-11-14(13-7-3-2-4-8-13)19-18(16)15-9-5-6-10-17(15)23-19/h2-12H,1H3. The first-order valence-corrected chi connectivity index (χ1v) is 7.43. The molecule has 0 aliphatic rings. The molecule has 0 unspecified atom stereocenters. The van der Waals surface area contributed by atoms with Crippen molar-refractivity contribution in [1.29, 1.82) is 0 Å². The molecule has 3 aromatic carbocycles. The van der Waals surface area contributed by atoms with Crippen molar-refractivity contribution in [2.75, 3.05) is 0 Å². The summed E-state index contributed by atoms with van der Waals surface area (Å²) in [6.45, 7) is 0.922. The largest absolute Gasteiger partial charge is 0.455 e. The van der Waals surface area contributed by atoms with E-state index in [9.17, 15) is 8.78 Å². The van der Waals surface area contributed by atoms with E-state index in [1.165, 1.54) is 6.07 Å². The molecule has 4 rings (SSSR count). The molecule has 0 amide bonds. The van der Waals surface area contributed by atoms with Crippen LogP contribution in [0.25, 0.3) is 33.1 Å². The molecule has 0 N–H and O–H groups in total. The van der Waals surface area contributed by atoms with Crippen molar-refractivity contribution in [3.63, 3.8) is 0 Å². The molecule has 1 nitrogen and oxygen atoms in total. The molecule has 0 radical (unpaired) electrons. The SMILES string of the molecule is CC(F)(F)c1ccc(-c2ccccc2)c2oc3ccccc3c12. The maximum Gasteiger partial charge on any atom is 0.271 e. The second-order valence-electron chi connectivity index (χ2n) is 5.72. The zero-order valence-corrected chi connectivity index (χ0v) is 12.5. The predicted molar refractivity (Wildman–Crippen MR) is 88.7 cm³/mol. The van der Waals surface area contributed by atoms with Crippen molar-refractivity contribution in [2.45, 2.75) is 12.8 Å². The number of furan rings is 1. The third-order valence-electron chi connectivity index (χ3n) is 4.08. The van der Waals surface area contributed by atoms with E-state index in [4.69, 9.17) is 4.42 Å². The van der Waals surface area contributed by atoms with Gasteiger partial charge in [0, 0.05) is 28.8 Å². The number of hydrogen-bond acceptors (Lipinski definition) is 1. The highest BCUT2D eigenvalue weighted by Gasteiger charge is 2.29. The van der Waals surface area contributed by atoms with Crippen LogP contribution in [-0.4, -0.2) is 0 Å². The van der Waals surface area contributed by atoms with Gasteiger partial charge in [-0.2, -0.15) is 0 Å². The van der Waals surface area contributed by atoms with Crippen molar-refractivity contribution in [2.24, 2.45) is 0 Å². The van der Waals surface area contributed by atoms with Gasteiger partial charge < -0.3 is 4.42 Å². The number of alkyl halides is 2. The Balaban J connectivity index is 2.16. The van der Waals surface area contributed by atoms with Gasteiger partial charge in [0.15, 0.2) is 0 Å². The normalized spacial score (nSPS) is 12.1. The minimum atomic E-state index is -2.93. The van der Waals surface area contributed by atoms with Crippen LogP contribution in [0.5, 0.6) is 0 Å². The van der Waals surface area contributed by atoms with Gasteiger partial charge in [0.2, 0.25) is 0 Å². The fraction of sp³-hybridized carbons (Fsp3) is 0.100. The predicted octanol–water partition coefficient (Wildman–Crippen LogP) is 6.36. The summed E-state index contributed by atoms with van der Waals surface area (Å²) in [5, 5.41) is 1.21. The maximum atomic E-state index is 14.1. The highest BCUT2D eigenvalue weighted by atomic mass is 19.3. The molecule has 0 aliphatic carbocycles. The van der Waals surface area contributed by atoms with Gasteiger partial charge in [-0.15, -0.1) is 0 Å². The molecule has 4 aromatic rings. The minimum Gasteiger partial charge on any atom is -0.455 e. The summed E-state index contributed by atoms with van der Waals surface area (Å²) in [5.41, 5.74) is 2.90. The molecule has 0 bridgehead atoms. The summed E-state index contributed by atoms with van der Waals surface area (Å²) in [7, 11) is 0. The minimum absolute atomic E-state index is 0.00266. The second kappa shape index (κ2) is 4.92. The smallest absolute Gasteiger partial charge is 0.271 e. The van der Waals surface area contributed by atoms with Crippen LogP contribution in [0.3, 0.4) is 0 Å². The molecule has 0 aliphatic heterocycles. The van der Waals surface area contributed by atoms with Gasteiger partial charge in [0.25, 0.3) is 5.92 Å². The first-order chi connectivity index (χ1) is 11.1. The molecule has 0 saturated heterocycles. The maximum absolute atomic E-state index is 14.1. The fourth-order valence-corrected chi connectivity index (χ4v) is 3.04. The Morgan fingerprint density at radius 2 is 1.52 bits per heavy atom. The van der Waals surface area contributed by atoms with Crippen LogP contribution >= 0.6 is 0 Å². The highest BCUT2D eigenvalue weighted by Crippen LogP contribution is 2.42. The number of benzene rings is 3. The lowest BCUT2D eigenvalue weighted by molar-refractivity contribution is 0.0191. The summed E-state index contributed by atoms with van der Waals surface area (Å²) in [6, 6.07) is 20.2. The number of hydrogen-bond donors (Lipinski definition) is 0. The molecule has 114 valence electrons. The zero-order valence-electron chi connectivity index (χ0n) is 12.5. The van der Waals surface area contributed by atoms with Gasteiger partial charge in [-0.25, -0.2) is 8.78 Å². The number of fused-ring (bicyclic) bond motifs is 3. The topological polar surface area (TPSA) is 13.1 Å². The van der Waals surface area contributed by atoms with E-state index in [-0.39, 0.29) is 5.56 Å². The summed E-state index contributed by atoms with van der Waals surface area (Å²) >= 11 is 0. The zero-order chi connectivity index (χ0) is 16.0. The summed E-state index contributed by atoms with van der Waals surface area (Å²) < 4.78 is 34.1. The van der Waals surface area contributed by atoms with Crippen molar-refractivity contribution in [3.8, 4) is 11.1 Å². The summed E-state index contributed by atoms with van der Waals surface area (Å²) in [5.74, 6) is -2.93. The van der Waals surface area contributed by atoms with E-state index in [0.717, 1.165) is 23.4 Å². The number of para-hydroxylation sites is 1. The van der Waals surface area contributed by atoms with Crippen LogP contribution in [0.2, 0.25) is 0 Å². The van der Waals surface area contributed by atoms with Crippen molar-refractivity contribution < 1.29 is 13.2 Å². The van der Waals surface area contributed by atoms with E-state index in [1.54, 1.807) is 6.07 Å². The molecule has 23 heavy (non-hydrogen) atoms. The Kier molecular flexibility index (Phi) is 2.98. The van der Waals surface area contributed by atoms with E-state index in [2.05, 4.69) is 0 Å². The van der Waals surface area contributed by atoms with E-state index in [1.807, 2.05) is 54.6 Å². The lowest BCUT2D eigenvalue weighted by atomic mass is 9.96. The first kappa shape index (κ1) is 13.9. The van der Waals surface area contributed by atoms with Crippen molar-refractivity contribution >= 4 is 21.9 Å². The average molecular weight is 308 g/mol.